The first-order valence-corrected chi connectivity index (χ1v) is 4.91. The Morgan fingerprint density at radius 2 is 2.14 bits per heavy atom. The molecule has 1 aromatic rings. The van der Waals surface area contributed by atoms with Gasteiger partial charge in [0, 0.05) is 17.1 Å². The molecule has 1 rings (SSSR count). The minimum atomic E-state index is -0.358. The molecule has 0 N–H and O–H groups in total. The molecule has 1 aromatic carbocycles. The molecule has 76 valence electrons. The van der Waals surface area contributed by atoms with Crippen LogP contribution in [0.2, 0.25) is 0 Å². The second kappa shape index (κ2) is 5.78. The van der Waals surface area contributed by atoms with Gasteiger partial charge >= 0.3 is 5.97 Å². The number of carbonyl (C=O) groups excluding carboxylic acids is 1. The number of carbonyl (C=O) groups is 1. The second-order valence-electron chi connectivity index (χ2n) is 2.69. The number of halogens is 1. The molecule has 3 nitrogen and oxygen atoms in total. The van der Waals surface area contributed by atoms with Gasteiger partial charge in [-0.15, -0.1) is 0 Å². The van der Waals surface area contributed by atoms with Crippen LogP contribution in [0.3, 0.4) is 0 Å². The topological polar surface area (TPSA) is 35.5 Å². The van der Waals surface area contributed by atoms with Crippen molar-refractivity contribution in [1.82, 2.24) is 0 Å². The van der Waals surface area contributed by atoms with Crippen LogP contribution in [-0.4, -0.2) is 19.7 Å². The SMILES string of the molecule is COCC(=O)OCc1ccccc1Br. The quantitative estimate of drug-likeness (QED) is 0.777. The van der Waals surface area contributed by atoms with Crippen molar-refractivity contribution in [2.24, 2.45) is 0 Å². The van der Waals surface area contributed by atoms with Gasteiger partial charge in [0.1, 0.15) is 13.2 Å². The summed E-state index contributed by atoms with van der Waals surface area (Å²) >= 11 is 3.36. The fourth-order valence-electron chi connectivity index (χ4n) is 0.933. The van der Waals surface area contributed by atoms with E-state index in [0.29, 0.717) is 0 Å². The van der Waals surface area contributed by atoms with Gasteiger partial charge in [0.2, 0.25) is 0 Å². The minimum Gasteiger partial charge on any atom is -0.459 e. The van der Waals surface area contributed by atoms with Gasteiger partial charge in [-0.2, -0.15) is 0 Å². The van der Waals surface area contributed by atoms with E-state index in [9.17, 15) is 4.79 Å². The number of ether oxygens (including phenoxy) is 2. The Labute approximate surface area is 91.1 Å². The van der Waals surface area contributed by atoms with Crippen molar-refractivity contribution in [3.63, 3.8) is 0 Å². The summed E-state index contributed by atoms with van der Waals surface area (Å²) in [4.78, 5) is 11.0. The molecular formula is C10H11BrO3. The van der Waals surface area contributed by atoms with Crippen molar-refractivity contribution in [3.8, 4) is 0 Å². The summed E-state index contributed by atoms with van der Waals surface area (Å²) in [6.07, 6.45) is 0. The average Bonchev–Trinajstić information content (AvgIpc) is 2.17. The average molecular weight is 259 g/mol. The van der Waals surface area contributed by atoms with Gasteiger partial charge in [-0.25, -0.2) is 4.79 Å². The third-order valence-corrected chi connectivity index (χ3v) is 2.38. The molecule has 0 saturated heterocycles. The maximum atomic E-state index is 11.0. The zero-order valence-electron chi connectivity index (χ0n) is 7.83. The van der Waals surface area contributed by atoms with E-state index in [2.05, 4.69) is 20.7 Å². The van der Waals surface area contributed by atoms with Crippen LogP contribution >= 0.6 is 15.9 Å². The molecule has 0 fully saturated rings. The normalized spacial score (nSPS) is 9.86. The van der Waals surface area contributed by atoms with Gasteiger partial charge in [0.15, 0.2) is 0 Å². The van der Waals surface area contributed by atoms with Crippen molar-refractivity contribution in [2.45, 2.75) is 6.61 Å². The van der Waals surface area contributed by atoms with Gasteiger partial charge in [0.05, 0.1) is 0 Å². The second-order valence-corrected chi connectivity index (χ2v) is 3.54. The molecule has 4 heteroatoms. The zero-order valence-corrected chi connectivity index (χ0v) is 9.41. The maximum Gasteiger partial charge on any atom is 0.332 e. The molecule has 0 aliphatic rings. The lowest BCUT2D eigenvalue weighted by Crippen LogP contribution is -2.10. The van der Waals surface area contributed by atoms with Crippen molar-refractivity contribution < 1.29 is 14.3 Å². The van der Waals surface area contributed by atoms with E-state index in [0.717, 1.165) is 10.0 Å². The van der Waals surface area contributed by atoms with E-state index in [4.69, 9.17) is 4.74 Å². The Balaban J connectivity index is 2.46. The molecule has 14 heavy (non-hydrogen) atoms. The van der Waals surface area contributed by atoms with E-state index in [1.807, 2.05) is 24.3 Å². The molecule has 0 bridgehead atoms. The van der Waals surface area contributed by atoms with Gasteiger partial charge < -0.3 is 9.47 Å². The highest BCUT2D eigenvalue weighted by molar-refractivity contribution is 9.10. The summed E-state index contributed by atoms with van der Waals surface area (Å²) in [5.41, 5.74) is 0.942. The zero-order chi connectivity index (χ0) is 10.4. The summed E-state index contributed by atoms with van der Waals surface area (Å²) < 4.78 is 10.5. The first-order valence-electron chi connectivity index (χ1n) is 4.12. The van der Waals surface area contributed by atoms with Crippen molar-refractivity contribution >= 4 is 21.9 Å². The first kappa shape index (κ1) is 11.2. The standard InChI is InChI=1S/C10H11BrO3/c1-13-7-10(12)14-6-8-4-2-3-5-9(8)11/h2-5H,6-7H2,1H3. The highest BCUT2D eigenvalue weighted by Gasteiger charge is 2.03. The lowest BCUT2D eigenvalue weighted by molar-refractivity contribution is -0.149. The third-order valence-electron chi connectivity index (χ3n) is 1.61. The van der Waals surface area contributed by atoms with E-state index < -0.39 is 0 Å². The van der Waals surface area contributed by atoms with Crippen LogP contribution in [-0.2, 0) is 20.9 Å². The Hall–Kier alpha value is -0.870. The van der Waals surface area contributed by atoms with Crippen LogP contribution in [0.25, 0.3) is 0 Å². The van der Waals surface area contributed by atoms with Crippen LogP contribution in [0.4, 0.5) is 0 Å². The van der Waals surface area contributed by atoms with Crippen LogP contribution in [0.5, 0.6) is 0 Å². The number of hydrogen-bond donors (Lipinski definition) is 0. The molecule has 0 radical (unpaired) electrons. The number of hydrogen-bond acceptors (Lipinski definition) is 3. The summed E-state index contributed by atoms with van der Waals surface area (Å²) in [6.45, 7) is 0.258. The van der Waals surface area contributed by atoms with Gasteiger partial charge in [-0.1, -0.05) is 34.1 Å². The number of methoxy groups -OCH3 is 1. The Kier molecular flexibility index (Phi) is 4.62. The molecule has 0 aliphatic carbocycles. The summed E-state index contributed by atoms with van der Waals surface area (Å²) in [5, 5.41) is 0. The van der Waals surface area contributed by atoms with Gasteiger partial charge in [-0.3, -0.25) is 0 Å². The monoisotopic (exact) mass is 258 g/mol. The van der Waals surface area contributed by atoms with Crippen LogP contribution in [0, 0.1) is 0 Å². The fraction of sp³-hybridized carbons (Fsp3) is 0.300. The third kappa shape index (κ3) is 3.47. The molecule has 0 saturated carbocycles. The van der Waals surface area contributed by atoms with Gasteiger partial charge in [-0.05, 0) is 6.07 Å². The predicted octanol–water partition coefficient (Wildman–Crippen LogP) is 2.14. The van der Waals surface area contributed by atoms with Crippen LogP contribution < -0.4 is 0 Å². The lowest BCUT2D eigenvalue weighted by Gasteiger charge is -2.05. The summed E-state index contributed by atoms with van der Waals surface area (Å²) in [6, 6.07) is 7.60. The smallest absolute Gasteiger partial charge is 0.332 e. The summed E-state index contributed by atoms with van der Waals surface area (Å²) in [5.74, 6) is -0.358. The molecule has 0 spiro atoms. The number of benzene rings is 1. The van der Waals surface area contributed by atoms with E-state index in [1.54, 1.807) is 0 Å². The highest BCUT2D eigenvalue weighted by Crippen LogP contribution is 2.16. The molecule has 0 amide bonds. The minimum absolute atomic E-state index is 0.00947. The van der Waals surface area contributed by atoms with Crippen molar-refractivity contribution in [1.29, 1.82) is 0 Å². The van der Waals surface area contributed by atoms with E-state index in [-0.39, 0.29) is 19.2 Å². The van der Waals surface area contributed by atoms with Crippen molar-refractivity contribution in [2.75, 3.05) is 13.7 Å². The van der Waals surface area contributed by atoms with E-state index >= 15 is 0 Å². The fourth-order valence-corrected chi connectivity index (χ4v) is 1.33. The Bertz CT molecular complexity index is 312. The molecule has 0 aromatic heterocycles. The first-order chi connectivity index (χ1) is 6.74. The predicted molar refractivity (Wildman–Crippen MR) is 55.8 cm³/mol. The lowest BCUT2D eigenvalue weighted by atomic mass is 10.2. The van der Waals surface area contributed by atoms with Crippen LogP contribution in [0.15, 0.2) is 28.7 Å². The summed E-state index contributed by atoms with van der Waals surface area (Å²) in [7, 11) is 1.46. The molecule has 0 unspecified atom stereocenters. The van der Waals surface area contributed by atoms with Crippen LogP contribution in [0.1, 0.15) is 5.56 Å². The Morgan fingerprint density at radius 3 is 2.79 bits per heavy atom. The van der Waals surface area contributed by atoms with Crippen molar-refractivity contribution in [3.05, 3.63) is 34.3 Å². The maximum absolute atomic E-state index is 11.0. The molecular weight excluding hydrogens is 248 g/mol. The Morgan fingerprint density at radius 1 is 1.43 bits per heavy atom. The number of rotatable bonds is 4. The van der Waals surface area contributed by atoms with Gasteiger partial charge in [0.25, 0.3) is 0 Å². The molecule has 0 aliphatic heterocycles. The largest absolute Gasteiger partial charge is 0.459 e. The highest BCUT2D eigenvalue weighted by atomic mass is 79.9. The molecule has 0 heterocycles. The molecule has 0 atom stereocenters. The number of esters is 1. The van der Waals surface area contributed by atoms with E-state index in [1.165, 1.54) is 7.11 Å².